The highest BCUT2D eigenvalue weighted by molar-refractivity contribution is 6.31. The quantitative estimate of drug-likeness (QED) is 0.717. The Morgan fingerprint density at radius 3 is 2.62 bits per heavy atom. The number of aromatic nitrogens is 2. The van der Waals surface area contributed by atoms with E-state index in [1.165, 1.54) is 0 Å². The van der Waals surface area contributed by atoms with Crippen molar-refractivity contribution in [1.82, 2.24) is 9.97 Å². The first-order valence-electron chi connectivity index (χ1n) is 6.99. The van der Waals surface area contributed by atoms with E-state index in [0.29, 0.717) is 16.6 Å². The number of rotatable bonds is 4. The van der Waals surface area contributed by atoms with Crippen molar-refractivity contribution in [3.05, 3.63) is 41.6 Å². The summed E-state index contributed by atoms with van der Waals surface area (Å²) in [5, 5.41) is 1.66. The van der Waals surface area contributed by atoms with Crippen molar-refractivity contribution in [2.45, 2.75) is 13.8 Å². The number of benzene rings is 1. The highest BCUT2D eigenvalue weighted by atomic mass is 35.5. The maximum Gasteiger partial charge on any atom is 0.198 e. The van der Waals surface area contributed by atoms with Crippen molar-refractivity contribution >= 4 is 28.3 Å². The zero-order chi connectivity index (χ0) is 14.8. The molecule has 0 aliphatic heterocycles. The Bertz CT molecular complexity index is 752. The van der Waals surface area contributed by atoms with Crippen molar-refractivity contribution < 1.29 is 4.42 Å². The molecule has 3 rings (SSSR count). The predicted octanol–water partition coefficient (Wildman–Crippen LogP) is 4.39. The molecule has 3 aromatic rings. The second-order valence-corrected chi connectivity index (χ2v) is 5.12. The van der Waals surface area contributed by atoms with E-state index in [4.69, 9.17) is 21.0 Å². The van der Waals surface area contributed by atoms with Crippen LogP contribution < -0.4 is 4.90 Å². The average molecular weight is 302 g/mol. The molecule has 0 N–H and O–H groups in total. The summed E-state index contributed by atoms with van der Waals surface area (Å²) in [6, 6.07) is 9.39. The smallest absolute Gasteiger partial charge is 0.198 e. The molecule has 0 atom stereocenters. The number of hydrogen-bond acceptors (Lipinski definition) is 4. The van der Waals surface area contributed by atoms with Crippen LogP contribution in [0.5, 0.6) is 0 Å². The van der Waals surface area contributed by atoms with Crippen molar-refractivity contribution in [1.29, 1.82) is 0 Å². The van der Waals surface area contributed by atoms with Crippen molar-refractivity contribution in [3.8, 4) is 11.6 Å². The summed E-state index contributed by atoms with van der Waals surface area (Å²) in [4.78, 5) is 11.5. The van der Waals surface area contributed by atoms with E-state index < -0.39 is 0 Å². The molecule has 0 spiro atoms. The lowest BCUT2D eigenvalue weighted by Gasteiger charge is -2.21. The van der Waals surface area contributed by atoms with Crippen molar-refractivity contribution in [2.75, 3.05) is 18.0 Å². The second kappa shape index (κ2) is 5.74. The summed E-state index contributed by atoms with van der Waals surface area (Å²) >= 11 is 6.10. The monoisotopic (exact) mass is 301 g/mol. The molecule has 0 amide bonds. The number of halogens is 1. The van der Waals surface area contributed by atoms with Gasteiger partial charge in [0.25, 0.3) is 0 Å². The Kier molecular flexibility index (Phi) is 3.80. The minimum Gasteiger partial charge on any atom is -0.461 e. The van der Waals surface area contributed by atoms with Crippen molar-refractivity contribution in [3.63, 3.8) is 0 Å². The lowest BCUT2D eigenvalue weighted by atomic mass is 10.2. The molecule has 0 aliphatic carbocycles. The number of nitrogens with zero attached hydrogens (tertiary/aromatic N) is 3. The van der Waals surface area contributed by atoms with Crippen LogP contribution in [0.1, 0.15) is 13.8 Å². The first kappa shape index (κ1) is 13.9. The molecule has 4 nitrogen and oxygen atoms in total. The summed E-state index contributed by atoms with van der Waals surface area (Å²) in [7, 11) is 0. The Hall–Kier alpha value is -2.07. The summed E-state index contributed by atoms with van der Waals surface area (Å²) < 4.78 is 5.42. The second-order valence-electron chi connectivity index (χ2n) is 4.68. The fourth-order valence-corrected chi connectivity index (χ4v) is 2.53. The summed E-state index contributed by atoms with van der Waals surface area (Å²) in [6.45, 7) is 5.98. The van der Waals surface area contributed by atoms with Gasteiger partial charge in [-0.25, -0.2) is 9.97 Å². The molecule has 108 valence electrons. The van der Waals surface area contributed by atoms with E-state index in [9.17, 15) is 0 Å². The highest BCUT2D eigenvalue weighted by Crippen LogP contribution is 2.29. The molecular weight excluding hydrogens is 286 g/mol. The molecule has 21 heavy (non-hydrogen) atoms. The van der Waals surface area contributed by atoms with Crippen LogP contribution in [-0.2, 0) is 0 Å². The summed E-state index contributed by atoms with van der Waals surface area (Å²) in [5.74, 6) is 2.15. The van der Waals surface area contributed by atoms with Gasteiger partial charge in [0.15, 0.2) is 11.6 Å². The average Bonchev–Trinajstić information content (AvgIpc) is 3.02. The zero-order valence-corrected chi connectivity index (χ0v) is 12.8. The highest BCUT2D eigenvalue weighted by Gasteiger charge is 2.15. The van der Waals surface area contributed by atoms with Crippen LogP contribution >= 0.6 is 11.6 Å². The number of fused-ring (bicyclic) bond motifs is 1. The SMILES string of the molecule is CCN(CC)c1nc(-c2ccco2)nc2cc(Cl)ccc12. The molecule has 0 aliphatic rings. The van der Waals surface area contributed by atoms with Gasteiger partial charge >= 0.3 is 0 Å². The van der Waals surface area contributed by atoms with Gasteiger partial charge in [0.1, 0.15) is 5.82 Å². The van der Waals surface area contributed by atoms with Gasteiger partial charge in [-0.15, -0.1) is 0 Å². The number of furan rings is 1. The van der Waals surface area contributed by atoms with Crippen LogP contribution in [0.15, 0.2) is 41.0 Å². The number of anilines is 1. The van der Waals surface area contributed by atoms with Gasteiger partial charge in [0, 0.05) is 23.5 Å². The zero-order valence-electron chi connectivity index (χ0n) is 12.0. The topological polar surface area (TPSA) is 42.2 Å². The third-order valence-corrected chi connectivity index (χ3v) is 3.68. The predicted molar refractivity (Wildman–Crippen MR) is 85.8 cm³/mol. The number of hydrogen-bond donors (Lipinski definition) is 0. The van der Waals surface area contributed by atoms with E-state index in [1.54, 1.807) is 6.26 Å². The Morgan fingerprint density at radius 2 is 1.95 bits per heavy atom. The Morgan fingerprint density at radius 1 is 1.14 bits per heavy atom. The molecule has 0 radical (unpaired) electrons. The van der Waals surface area contributed by atoms with Crippen LogP contribution in [0.25, 0.3) is 22.5 Å². The van der Waals surface area contributed by atoms with Gasteiger partial charge in [0.05, 0.1) is 11.8 Å². The van der Waals surface area contributed by atoms with Gasteiger partial charge in [-0.2, -0.15) is 0 Å². The van der Waals surface area contributed by atoms with Gasteiger partial charge in [-0.1, -0.05) is 11.6 Å². The van der Waals surface area contributed by atoms with E-state index in [-0.39, 0.29) is 0 Å². The van der Waals surface area contributed by atoms with Gasteiger partial charge in [-0.3, -0.25) is 0 Å². The lowest BCUT2D eigenvalue weighted by molar-refractivity contribution is 0.577. The summed E-state index contributed by atoms with van der Waals surface area (Å²) in [5.41, 5.74) is 0.825. The Labute approximate surface area is 128 Å². The molecule has 0 bridgehead atoms. The molecular formula is C16H16ClN3O. The maximum absolute atomic E-state index is 6.10. The molecule has 0 unspecified atom stereocenters. The van der Waals surface area contributed by atoms with Crippen molar-refractivity contribution in [2.24, 2.45) is 0 Å². The molecule has 2 aromatic heterocycles. The third kappa shape index (κ3) is 2.59. The summed E-state index contributed by atoms with van der Waals surface area (Å²) in [6.07, 6.45) is 1.62. The van der Waals surface area contributed by atoms with Gasteiger partial charge in [0.2, 0.25) is 0 Å². The molecule has 0 fully saturated rings. The maximum atomic E-state index is 6.10. The van der Waals surface area contributed by atoms with E-state index in [2.05, 4.69) is 23.7 Å². The molecule has 0 saturated carbocycles. The molecule has 5 heteroatoms. The minimum atomic E-state index is 0.580. The normalized spacial score (nSPS) is 11.0. The molecule has 1 aromatic carbocycles. The Balaban J connectivity index is 2.27. The largest absolute Gasteiger partial charge is 0.461 e. The fourth-order valence-electron chi connectivity index (χ4n) is 2.37. The van der Waals surface area contributed by atoms with Gasteiger partial charge in [-0.05, 0) is 44.2 Å². The van der Waals surface area contributed by atoms with Crippen LogP contribution in [0.4, 0.5) is 5.82 Å². The van der Waals surface area contributed by atoms with Crippen LogP contribution in [0.2, 0.25) is 5.02 Å². The van der Waals surface area contributed by atoms with E-state index in [1.807, 2.05) is 30.3 Å². The van der Waals surface area contributed by atoms with Gasteiger partial charge < -0.3 is 9.32 Å². The minimum absolute atomic E-state index is 0.580. The third-order valence-electron chi connectivity index (χ3n) is 3.44. The van der Waals surface area contributed by atoms with E-state index >= 15 is 0 Å². The van der Waals surface area contributed by atoms with Crippen LogP contribution in [0.3, 0.4) is 0 Å². The van der Waals surface area contributed by atoms with E-state index in [0.717, 1.165) is 29.8 Å². The fraction of sp³-hybridized carbons (Fsp3) is 0.250. The lowest BCUT2D eigenvalue weighted by Crippen LogP contribution is -2.23. The molecule has 2 heterocycles. The standard InChI is InChI=1S/C16H16ClN3O/c1-3-20(4-2)16-12-8-7-11(17)10-13(12)18-15(19-16)14-6-5-9-21-14/h5-10H,3-4H2,1-2H3. The van der Waals surface area contributed by atoms with Crippen LogP contribution in [0, 0.1) is 0 Å². The first-order chi connectivity index (χ1) is 10.2. The molecule has 0 saturated heterocycles. The van der Waals surface area contributed by atoms with Crippen LogP contribution in [-0.4, -0.2) is 23.1 Å². The first-order valence-corrected chi connectivity index (χ1v) is 7.36.